The number of allylic oxidation sites excluding steroid dienone is 1. The van der Waals surface area contributed by atoms with Gasteiger partial charge in [0, 0.05) is 4.91 Å². The molecule has 0 atom stereocenters. The van der Waals surface area contributed by atoms with E-state index in [4.69, 9.17) is 0 Å². The Hall–Kier alpha value is 0.670. The molecule has 0 saturated carbocycles. The Bertz CT molecular complexity index is 715. The van der Waals surface area contributed by atoms with Gasteiger partial charge in [0.25, 0.3) is 0 Å². The van der Waals surface area contributed by atoms with E-state index in [2.05, 4.69) is 23.1 Å². The zero-order valence-corrected chi connectivity index (χ0v) is 19.6. The van der Waals surface area contributed by atoms with Crippen LogP contribution in [-0.4, -0.2) is 5.97 Å². The second kappa shape index (κ2) is 10.9. The Balaban J connectivity index is 0.000000175. The van der Waals surface area contributed by atoms with Gasteiger partial charge >= 0.3 is 0 Å². The van der Waals surface area contributed by atoms with Gasteiger partial charge in [-0.15, -0.1) is 0 Å². The van der Waals surface area contributed by atoms with Crippen molar-refractivity contribution in [2.45, 2.75) is 6.92 Å². The monoisotopic (exact) mass is 483 g/mol. The fraction of sp³-hybridized carbons (Fsp3) is 0.0714. The van der Waals surface area contributed by atoms with Gasteiger partial charge in [0.05, 0.1) is 22.9 Å². The molecule has 0 spiro atoms. The minimum absolute atomic E-state index is 0. The number of carbonyl (C=O) groups is 1. The maximum Gasteiger partial charge on any atom is 0.0788 e. The van der Waals surface area contributed by atoms with Crippen LogP contribution < -0.4 is 11.3 Å². The first-order valence-electron chi connectivity index (χ1n) is 6.36. The Morgan fingerprint density at radius 3 is 1.64 bits per heavy atom. The topological polar surface area (TPSA) is 76.6 Å². The normalized spacial score (nSPS) is 21.2. The van der Waals surface area contributed by atoms with E-state index >= 15 is 0 Å². The van der Waals surface area contributed by atoms with Gasteiger partial charge in [-0.1, -0.05) is 94.1 Å². The maximum atomic E-state index is 10.5. The molecule has 0 unspecified atom stereocenters. The lowest BCUT2D eigenvalue weighted by Gasteiger charge is -2.02. The second-order valence-electron chi connectivity index (χ2n) is 4.10. The number of rotatable bonds is 1. The zero-order valence-electron chi connectivity index (χ0n) is 13.0. The van der Waals surface area contributed by atoms with Gasteiger partial charge in [0.2, 0.25) is 0 Å². The summed E-state index contributed by atoms with van der Waals surface area (Å²) in [5.74, 6) is -1.09. The zero-order chi connectivity index (χ0) is 16.9. The van der Waals surface area contributed by atoms with Crippen LogP contribution in [0, 0.1) is 0 Å². The minimum Gasteiger partial charge on any atom is -0.544 e. The van der Waals surface area contributed by atoms with Crippen molar-refractivity contribution in [3.05, 3.63) is 59.2 Å². The molecule has 4 rings (SSSR count). The van der Waals surface area contributed by atoms with E-state index in [9.17, 15) is 9.90 Å². The minimum atomic E-state index is -1.09. The molecule has 0 bridgehead atoms. The fourth-order valence-corrected chi connectivity index (χ4v) is 10.1. The van der Waals surface area contributed by atoms with Gasteiger partial charge in [-0.25, -0.2) is 0 Å². The number of carbonyl (C=O) groups excluding carboxylic acids is 1. The Labute approximate surface area is 180 Å². The van der Waals surface area contributed by atoms with Gasteiger partial charge in [-0.2, -0.15) is 0 Å². The third-order valence-corrected chi connectivity index (χ3v) is 12.5. The van der Waals surface area contributed by atoms with E-state index in [0.29, 0.717) is 4.91 Å². The van der Waals surface area contributed by atoms with Crippen LogP contribution in [-0.2, 0) is 4.79 Å². The summed E-state index contributed by atoms with van der Waals surface area (Å²) >= 11 is 13.4. The molecule has 25 heavy (non-hydrogen) atoms. The summed E-state index contributed by atoms with van der Waals surface area (Å²) in [5, 5.41) is 22.6. The first-order valence-corrected chi connectivity index (χ1v) is 13.3. The quantitative estimate of drug-likeness (QED) is 0.424. The molecule has 0 aromatic rings. The molecule has 4 aliphatic rings. The molecule has 0 aliphatic carbocycles. The summed E-state index contributed by atoms with van der Waals surface area (Å²) < 4.78 is 5.08. The second-order valence-corrected chi connectivity index (χ2v) is 12.9. The summed E-state index contributed by atoms with van der Waals surface area (Å²) in [7, 11) is 0. The molecule has 0 saturated heterocycles. The number of hydrogen-bond donors (Lipinski definition) is 1. The van der Waals surface area contributed by atoms with Crippen molar-refractivity contribution in [3.63, 3.8) is 0 Å². The van der Waals surface area contributed by atoms with Crippen molar-refractivity contribution in [2.75, 3.05) is 0 Å². The van der Waals surface area contributed by atoms with E-state index in [0.717, 1.165) is 8.47 Å². The van der Waals surface area contributed by atoms with Crippen LogP contribution in [0.3, 0.4) is 0 Å². The molecule has 0 fully saturated rings. The smallest absolute Gasteiger partial charge is 0.0788 e. The number of carboxylic acids is 1. The number of aliphatic carboxylic acids is 1. The number of quaternary nitrogens is 1. The summed E-state index contributed by atoms with van der Waals surface area (Å²) in [6.07, 6.45) is 0. The highest BCUT2D eigenvalue weighted by Crippen LogP contribution is 2.53. The van der Waals surface area contributed by atoms with Crippen LogP contribution in [0.15, 0.2) is 59.2 Å². The molecule has 0 radical (unpaired) electrons. The van der Waals surface area contributed by atoms with Crippen molar-refractivity contribution in [1.29, 1.82) is 0 Å². The van der Waals surface area contributed by atoms with Gasteiger partial charge < -0.3 is 16.1 Å². The Morgan fingerprint density at radius 1 is 0.760 bits per heavy atom. The SMILES string of the molecule is CC1=CSC(=C2SC=CS2)S1.O=C([O-])C1=CSC(=C2SC=CS2)S1.[NH4+]. The molecule has 0 aromatic heterocycles. The summed E-state index contributed by atoms with van der Waals surface area (Å²) in [5.41, 5.74) is 0. The van der Waals surface area contributed by atoms with Crippen molar-refractivity contribution in [2.24, 2.45) is 0 Å². The Morgan fingerprint density at radius 2 is 1.24 bits per heavy atom. The number of hydrogen-bond acceptors (Lipinski definition) is 10. The van der Waals surface area contributed by atoms with Crippen LogP contribution >= 0.6 is 94.1 Å². The maximum absolute atomic E-state index is 10.5. The largest absolute Gasteiger partial charge is 0.544 e. The lowest BCUT2D eigenvalue weighted by atomic mass is 10.7. The molecule has 3 nitrogen and oxygen atoms in total. The molecule has 0 amide bonds. The molecular weight excluding hydrogens is 471 g/mol. The molecule has 4 aliphatic heterocycles. The summed E-state index contributed by atoms with van der Waals surface area (Å²) in [4.78, 5) is 12.2. The molecule has 0 aromatic carbocycles. The molecular formula is C14H13NO2S8. The van der Waals surface area contributed by atoms with E-state index in [1.165, 1.54) is 36.9 Å². The van der Waals surface area contributed by atoms with Crippen molar-refractivity contribution >= 4 is 100 Å². The predicted octanol–water partition coefficient (Wildman–Crippen LogP) is 6.92. The number of thioether (sulfide) groups is 8. The van der Waals surface area contributed by atoms with Gasteiger partial charge in [0.1, 0.15) is 0 Å². The van der Waals surface area contributed by atoms with E-state index in [1.54, 1.807) is 28.9 Å². The van der Waals surface area contributed by atoms with Crippen LogP contribution in [0.4, 0.5) is 0 Å². The first-order chi connectivity index (χ1) is 11.6. The summed E-state index contributed by atoms with van der Waals surface area (Å²) in [6, 6.07) is 0. The third-order valence-electron chi connectivity index (χ3n) is 2.41. The summed E-state index contributed by atoms with van der Waals surface area (Å²) in [6.45, 7) is 2.16. The van der Waals surface area contributed by atoms with Gasteiger partial charge in [-0.3, -0.25) is 0 Å². The molecule has 11 heteroatoms. The highest BCUT2D eigenvalue weighted by Gasteiger charge is 2.19. The van der Waals surface area contributed by atoms with Crippen LogP contribution in [0.1, 0.15) is 6.92 Å². The Kier molecular flexibility index (Phi) is 9.54. The van der Waals surface area contributed by atoms with Crippen molar-refractivity contribution in [3.8, 4) is 0 Å². The fourth-order valence-electron chi connectivity index (χ4n) is 1.46. The van der Waals surface area contributed by atoms with E-state index in [1.807, 2.05) is 57.9 Å². The average Bonchev–Trinajstić information content (AvgIpc) is 3.33. The predicted molar refractivity (Wildman–Crippen MR) is 126 cm³/mol. The lowest BCUT2D eigenvalue weighted by molar-refractivity contribution is -0.298. The standard InChI is InChI=1S/C7H4O2S4.C7H6S4.H3N/c8-5(9)4-3-12-7(13-4)6-10-1-2-11-6;1-5-4-10-7(11-5)6-8-2-3-9-6;/h1-3H,(H,8,9);2-4H,1H3;1H3. The first kappa shape index (κ1) is 22.0. The number of carboxylic acid groups (broad SMARTS) is 1. The molecule has 4 N–H and O–H groups in total. The lowest BCUT2D eigenvalue weighted by Crippen LogP contribution is -2.22. The van der Waals surface area contributed by atoms with Crippen LogP contribution in [0.2, 0.25) is 0 Å². The highest BCUT2D eigenvalue weighted by molar-refractivity contribution is 8.34. The highest BCUT2D eigenvalue weighted by atomic mass is 32.2. The van der Waals surface area contributed by atoms with Gasteiger partial charge in [-0.05, 0) is 44.3 Å². The third kappa shape index (κ3) is 6.35. The van der Waals surface area contributed by atoms with E-state index < -0.39 is 5.97 Å². The van der Waals surface area contributed by atoms with Crippen molar-refractivity contribution in [1.82, 2.24) is 6.15 Å². The van der Waals surface area contributed by atoms with E-state index in [-0.39, 0.29) is 6.15 Å². The van der Waals surface area contributed by atoms with Crippen LogP contribution in [0.5, 0.6) is 0 Å². The molecule has 134 valence electrons. The van der Waals surface area contributed by atoms with Crippen LogP contribution in [0.25, 0.3) is 0 Å². The van der Waals surface area contributed by atoms with Gasteiger partial charge in [0.15, 0.2) is 0 Å². The average molecular weight is 484 g/mol. The van der Waals surface area contributed by atoms with Crippen molar-refractivity contribution < 1.29 is 9.90 Å². The molecule has 4 heterocycles.